The zero-order chi connectivity index (χ0) is 22.3. The molecule has 2 aromatic carbocycles. The van der Waals surface area contributed by atoms with Crippen molar-refractivity contribution in [3.05, 3.63) is 71.5 Å². The van der Waals surface area contributed by atoms with Crippen LogP contribution in [0.4, 0.5) is 5.13 Å². The van der Waals surface area contributed by atoms with E-state index < -0.39 is 0 Å². The van der Waals surface area contributed by atoms with E-state index >= 15 is 0 Å². The normalized spacial score (nSPS) is 15.3. The number of benzene rings is 2. The topological polar surface area (TPSA) is 58.6 Å². The van der Waals surface area contributed by atoms with E-state index in [2.05, 4.69) is 34.4 Å². The second kappa shape index (κ2) is 10.6. The molecule has 6 nitrogen and oxygen atoms in total. The molecule has 1 atom stereocenters. The highest BCUT2D eigenvalue weighted by atomic mass is 32.1. The number of ether oxygens (including phenoxy) is 1. The number of anilines is 1. The highest BCUT2D eigenvalue weighted by Gasteiger charge is 2.27. The number of methoxy groups -OCH3 is 1. The van der Waals surface area contributed by atoms with Crippen LogP contribution in [0.1, 0.15) is 42.6 Å². The van der Waals surface area contributed by atoms with Gasteiger partial charge in [-0.25, -0.2) is 4.98 Å². The van der Waals surface area contributed by atoms with Crippen molar-refractivity contribution in [1.82, 2.24) is 14.3 Å². The van der Waals surface area contributed by atoms with Crippen LogP contribution in [0.2, 0.25) is 0 Å². The standard InChI is InChI=1S/C25H30N4O2S/c1-3-22(20-10-5-4-6-11-20)24(30)28-13-8-14-29(16-15-28)25-26-23(27-32-25)18-19-9-7-12-21(17-19)31-2/h4-7,9-12,17,22H,3,8,13-16,18H2,1-2H3. The van der Waals surface area contributed by atoms with Crippen molar-refractivity contribution in [3.63, 3.8) is 0 Å². The molecule has 1 unspecified atom stereocenters. The van der Waals surface area contributed by atoms with E-state index in [1.807, 2.05) is 41.3 Å². The van der Waals surface area contributed by atoms with Crippen molar-refractivity contribution >= 4 is 22.6 Å². The van der Waals surface area contributed by atoms with E-state index in [1.165, 1.54) is 11.5 Å². The Morgan fingerprint density at radius 2 is 1.94 bits per heavy atom. The molecule has 0 aliphatic carbocycles. The van der Waals surface area contributed by atoms with Crippen LogP contribution in [-0.2, 0) is 11.2 Å². The predicted octanol–water partition coefficient (Wildman–Crippen LogP) is 4.37. The van der Waals surface area contributed by atoms with Gasteiger partial charge in [-0.1, -0.05) is 49.4 Å². The van der Waals surface area contributed by atoms with E-state index in [9.17, 15) is 4.79 Å². The molecule has 1 saturated heterocycles. The Labute approximate surface area is 194 Å². The molecule has 1 aromatic heterocycles. The van der Waals surface area contributed by atoms with Gasteiger partial charge in [-0.15, -0.1) is 0 Å². The van der Waals surface area contributed by atoms with Crippen molar-refractivity contribution in [3.8, 4) is 5.75 Å². The Hall–Kier alpha value is -2.93. The van der Waals surface area contributed by atoms with Gasteiger partial charge >= 0.3 is 0 Å². The molecule has 4 rings (SSSR count). The van der Waals surface area contributed by atoms with Crippen molar-refractivity contribution in [1.29, 1.82) is 0 Å². The van der Waals surface area contributed by atoms with Crippen molar-refractivity contribution < 1.29 is 9.53 Å². The molecule has 1 fully saturated rings. The molecule has 3 aromatic rings. The van der Waals surface area contributed by atoms with Gasteiger partial charge in [0.2, 0.25) is 11.0 Å². The van der Waals surface area contributed by atoms with Gasteiger partial charge in [0.05, 0.1) is 13.0 Å². The fourth-order valence-corrected chi connectivity index (χ4v) is 4.93. The number of rotatable bonds is 7. The number of carbonyl (C=O) groups is 1. The summed E-state index contributed by atoms with van der Waals surface area (Å²) >= 11 is 1.44. The number of carbonyl (C=O) groups excluding carboxylic acids is 1. The molecule has 1 amide bonds. The van der Waals surface area contributed by atoms with Gasteiger partial charge in [0.25, 0.3) is 0 Å². The molecule has 1 aliphatic rings. The van der Waals surface area contributed by atoms with Gasteiger partial charge < -0.3 is 14.5 Å². The lowest BCUT2D eigenvalue weighted by Crippen LogP contribution is -2.38. The molecular weight excluding hydrogens is 420 g/mol. The SMILES string of the molecule is CCC(C(=O)N1CCCN(c2nc(Cc3cccc(OC)c3)ns2)CC1)c1ccccc1. The van der Waals surface area contributed by atoms with Crippen molar-refractivity contribution in [2.75, 3.05) is 38.2 Å². The Balaban J connectivity index is 1.38. The highest BCUT2D eigenvalue weighted by Crippen LogP contribution is 2.25. The summed E-state index contributed by atoms with van der Waals surface area (Å²) in [6, 6.07) is 18.1. The zero-order valence-electron chi connectivity index (χ0n) is 18.7. The molecule has 0 bridgehead atoms. The first kappa shape index (κ1) is 22.3. The Bertz CT molecular complexity index is 1020. The Morgan fingerprint density at radius 1 is 1.09 bits per heavy atom. The van der Waals surface area contributed by atoms with Gasteiger partial charge in [-0.05, 0) is 36.1 Å². The van der Waals surface area contributed by atoms with E-state index in [0.717, 1.165) is 60.3 Å². The molecule has 0 radical (unpaired) electrons. The first-order valence-electron chi connectivity index (χ1n) is 11.2. The maximum absolute atomic E-state index is 13.3. The molecule has 0 saturated carbocycles. The van der Waals surface area contributed by atoms with E-state index in [0.29, 0.717) is 13.0 Å². The molecule has 7 heteroatoms. The third-order valence-electron chi connectivity index (χ3n) is 5.94. The highest BCUT2D eigenvalue weighted by molar-refractivity contribution is 7.09. The maximum atomic E-state index is 13.3. The van der Waals surface area contributed by atoms with Gasteiger partial charge in [0.15, 0.2) is 0 Å². The van der Waals surface area contributed by atoms with Crippen LogP contribution in [0.25, 0.3) is 0 Å². The summed E-state index contributed by atoms with van der Waals surface area (Å²) in [6.07, 6.45) is 2.43. The lowest BCUT2D eigenvalue weighted by molar-refractivity contribution is -0.132. The summed E-state index contributed by atoms with van der Waals surface area (Å²) in [5.41, 5.74) is 2.24. The van der Waals surface area contributed by atoms with E-state index in [1.54, 1.807) is 7.11 Å². The van der Waals surface area contributed by atoms with Crippen LogP contribution in [0.5, 0.6) is 5.75 Å². The summed E-state index contributed by atoms with van der Waals surface area (Å²) in [5, 5.41) is 0.937. The molecule has 0 N–H and O–H groups in total. The minimum atomic E-state index is -0.0706. The lowest BCUT2D eigenvalue weighted by atomic mass is 9.95. The largest absolute Gasteiger partial charge is 0.497 e. The van der Waals surface area contributed by atoms with Crippen molar-refractivity contribution in [2.24, 2.45) is 0 Å². The third-order valence-corrected chi connectivity index (χ3v) is 6.75. The summed E-state index contributed by atoms with van der Waals surface area (Å²) < 4.78 is 9.89. The van der Waals surface area contributed by atoms with Crippen LogP contribution in [-0.4, -0.2) is 53.5 Å². The molecule has 168 valence electrons. The van der Waals surface area contributed by atoms with Gasteiger partial charge in [-0.2, -0.15) is 4.37 Å². The van der Waals surface area contributed by atoms with Gasteiger partial charge in [0, 0.05) is 44.1 Å². The molecular formula is C25H30N4O2S. The number of amides is 1. The summed E-state index contributed by atoms with van der Waals surface area (Å²) in [6.45, 7) is 5.26. The van der Waals surface area contributed by atoms with Gasteiger partial charge in [0.1, 0.15) is 11.6 Å². The summed E-state index contributed by atoms with van der Waals surface area (Å²) in [7, 11) is 1.67. The second-order valence-corrected chi connectivity index (χ2v) is 8.79. The Kier molecular flexibility index (Phi) is 7.37. The maximum Gasteiger partial charge on any atom is 0.230 e. The zero-order valence-corrected chi connectivity index (χ0v) is 19.6. The molecule has 2 heterocycles. The average Bonchev–Trinajstić information content (AvgIpc) is 3.14. The van der Waals surface area contributed by atoms with Crippen molar-refractivity contribution in [2.45, 2.75) is 32.1 Å². The average molecular weight is 451 g/mol. The van der Waals surface area contributed by atoms with Crippen LogP contribution >= 0.6 is 11.5 Å². The number of aromatic nitrogens is 2. The van der Waals surface area contributed by atoms with Crippen LogP contribution in [0.15, 0.2) is 54.6 Å². The predicted molar refractivity (Wildman–Crippen MR) is 129 cm³/mol. The number of hydrogen-bond donors (Lipinski definition) is 0. The molecule has 1 aliphatic heterocycles. The van der Waals surface area contributed by atoms with Crippen LogP contribution < -0.4 is 9.64 Å². The minimum absolute atomic E-state index is 0.0706. The third kappa shape index (κ3) is 5.27. The quantitative estimate of drug-likeness (QED) is 0.535. The molecule has 0 spiro atoms. The monoisotopic (exact) mass is 450 g/mol. The van der Waals surface area contributed by atoms with Gasteiger partial charge in [-0.3, -0.25) is 4.79 Å². The smallest absolute Gasteiger partial charge is 0.230 e. The number of hydrogen-bond acceptors (Lipinski definition) is 6. The fraction of sp³-hybridized carbons (Fsp3) is 0.400. The lowest BCUT2D eigenvalue weighted by Gasteiger charge is -2.26. The Morgan fingerprint density at radius 3 is 2.72 bits per heavy atom. The molecule has 32 heavy (non-hydrogen) atoms. The number of nitrogens with zero attached hydrogens (tertiary/aromatic N) is 4. The summed E-state index contributed by atoms with van der Waals surface area (Å²) in [5.74, 6) is 1.83. The van der Waals surface area contributed by atoms with Crippen LogP contribution in [0, 0.1) is 0 Å². The fourth-order valence-electron chi connectivity index (χ4n) is 4.20. The summed E-state index contributed by atoms with van der Waals surface area (Å²) in [4.78, 5) is 22.3. The first-order valence-corrected chi connectivity index (χ1v) is 12.0. The first-order chi connectivity index (χ1) is 15.7. The second-order valence-electron chi connectivity index (χ2n) is 8.06. The van der Waals surface area contributed by atoms with E-state index in [4.69, 9.17) is 9.72 Å². The minimum Gasteiger partial charge on any atom is -0.497 e. The van der Waals surface area contributed by atoms with Crippen LogP contribution in [0.3, 0.4) is 0 Å². The van der Waals surface area contributed by atoms with E-state index in [-0.39, 0.29) is 11.8 Å².